The van der Waals surface area contributed by atoms with Crippen molar-refractivity contribution in [3.05, 3.63) is 75.1 Å². The first-order valence-electron chi connectivity index (χ1n) is 6.96. The summed E-state index contributed by atoms with van der Waals surface area (Å²) in [4.78, 5) is 23.5. The molecule has 0 spiro atoms. The lowest BCUT2D eigenvalue weighted by atomic mass is 10.1. The first kappa shape index (κ1) is 17.0. The van der Waals surface area contributed by atoms with E-state index >= 15 is 0 Å². The molecule has 1 heterocycles. The molecule has 8 heteroatoms. The molecule has 0 radical (unpaired) electrons. The van der Waals surface area contributed by atoms with Crippen LogP contribution in [-0.4, -0.2) is 5.91 Å². The summed E-state index contributed by atoms with van der Waals surface area (Å²) in [6.45, 7) is 0. The van der Waals surface area contributed by atoms with Gasteiger partial charge in [0, 0.05) is 33.8 Å². The third kappa shape index (κ3) is 3.66. The van der Waals surface area contributed by atoms with Gasteiger partial charge in [-0.25, -0.2) is 4.79 Å². The second kappa shape index (κ2) is 6.25. The molecule has 0 aliphatic carbocycles. The van der Waals surface area contributed by atoms with Crippen LogP contribution in [0.3, 0.4) is 0 Å². The van der Waals surface area contributed by atoms with Crippen LogP contribution >= 0.6 is 11.6 Å². The molecule has 0 bridgehead atoms. The SMILES string of the molecule is O=C(Nc1ccc2c(C(F)(F)F)cc(=O)oc2c1)c1ccc(Cl)cc1. The predicted molar refractivity (Wildman–Crippen MR) is 86.9 cm³/mol. The number of nitrogens with one attached hydrogen (secondary N) is 1. The van der Waals surface area contributed by atoms with Crippen molar-refractivity contribution in [3.63, 3.8) is 0 Å². The third-order valence-corrected chi connectivity index (χ3v) is 3.67. The van der Waals surface area contributed by atoms with E-state index in [-0.39, 0.29) is 16.7 Å². The van der Waals surface area contributed by atoms with Gasteiger partial charge in [0.1, 0.15) is 5.58 Å². The Balaban J connectivity index is 1.97. The molecule has 0 unspecified atom stereocenters. The fourth-order valence-corrected chi connectivity index (χ4v) is 2.41. The van der Waals surface area contributed by atoms with Crippen LogP contribution in [-0.2, 0) is 6.18 Å². The topological polar surface area (TPSA) is 59.3 Å². The number of fused-ring (bicyclic) bond motifs is 1. The number of amides is 1. The van der Waals surface area contributed by atoms with E-state index in [1.165, 1.54) is 36.4 Å². The smallest absolute Gasteiger partial charge is 0.417 e. The van der Waals surface area contributed by atoms with Gasteiger partial charge >= 0.3 is 11.8 Å². The van der Waals surface area contributed by atoms with Crippen LogP contribution in [0.4, 0.5) is 18.9 Å². The van der Waals surface area contributed by atoms with Gasteiger partial charge in [0.05, 0.1) is 5.56 Å². The Labute approximate surface area is 143 Å². The molecular formula is C17H9ClF3NO3. The summed E-state index contributed by atoms with van der Waals surface area (Å²) in [6.07, 6.45) is -4.69. The van der Waals surface area contributed by atoms with Crippen LogP contribution in [0.25, 0.3) is 11.0 Å². The summed E-state index contributed by atoms with van der Waals surface area (Å²) in [5, 5.41) is 2.72. The minimum atomic E-state index is -4.69. The van der Waals surface area contributed by atoms with E-state index in [4.69, 9.17) is 16.0 Å². The number of hydrogen-bond donors (Lipinski definition) is 1. The van der Waals surface area contributed by atoms with Gasteiger partial charge in [-0.1, -0.05) is 11.6 Å². The average Bonchev–Trinajstić information content (AvgIpc) is 2.53. The number of anilines is 1. The zero-order valence-electron chi connectivity index (χ0n) is 12.4. The van der Waals surface area contributed by atoms with Crippen LogP contribution in [0.1, 0.15) is 15.9 Å². The number of rotatable bonds is 2. The molecule has 3 aromatic rings. The molecular weight excluding hydrogens is 359 g/mol. The van der Waals surface area contributed by atoms with Gasteiger partial charge in [-0.05, 0) is 36.4 Å². The Kier molecular flexibility index (Phi) is 4.26. The molecule has 0 saturated carbocycles. The number of carbonyl (C=O) groups excluding carboxylic acids is 1. The van der Waals surface area contributed by atoms with Crippen LogP contribution in [0, 0.1) is 0 Å². The Morgan fingerprint density at radius 3 is 2.36 bits per heavy atom. The van der Waals surface area contributed by atoms with E-state index < -0.39 is 23.3 Å². The largest absolute Gasteiger partial charge is 0.423 e. The molecule has 1 amide bonds. The molecule has 0 atom stereocenters. The molecule has 25 heavy (non-hydrogen) atoms. The highest BCUT2D eigenvalue weighted by Gasteiger charge is 2.33. The van der Waals surface area contributed by atoms with Crippen LogP contribution in [0.2, 0.25) is 5.02 Å². The maximum atomic E-state index is 13.0. The van der Waals surface area contributed by atoms with Crippen LogP contribution < -0.4 is 10.9 Å². The number of carbonyl (C=O) groups is 1. The number of benzene rings is 2. The summed E-state index contributed by atoms with van der Waals surface area (Å²) in [6, 6.07) is 10.1. The van der Waals surface area contributed by atoms with Crippen molar-refractivity contribution < 1.29 is 22.4 Å². The van der Waals surface area contributed by atoms with Gasteiger partial charge in [-0.3, -0.25) is 4.79 Å². The van der Waals surface area contributed by atoms with E-state index in [2.05, 4.69) is 5.32 Å². The fraction of sp³-hybridized carbons (Fsp3) is 0.0588. The van der Waals surface area contributed by atoms with E-state index in [9.17, 15) is 22.8 Å². The van der Waals surface area contributed by atoms with Gasteiger partial charge in [-0.2, -0.15) is 13.2 Å². The van der Waals surface area contributed by atoms with Crippen LogP contribution in [0.5, 0.6) is 0 Å². The van der Waals surface area contributed by atoms with Crippen molar-refractivity contribution in [2.45, 2.75) is 6.18 Å². The number of hydrogen-bond acceptors (Lipinski definition) is 3. The molecule has 1 aromatic heterocycles. The lowest BCUT2D eigenvalue weighted by Gasteiger charge is -2.10. The van der Waals surface area contributed by atoms with E-state index in [0.717, 1.165) is 6.07 Å². The first-order chi connectivity index (χ1) is 11.7. The average molecular weight is 368 g/mol. The normalized spacial score (nSPS) is 11.5. The van der Waals surface area contributed by atoms with Gasteiger partial charge in [-0.15, -0.1) is 0 Å². The van der Waals surface area contributed by atoms with Crippen molar-refractivity contribution in [2.75, 3.05) is 5.32 Å². The summed E-state index contributed by atoms with van der Waals surface area (Å²) < 4.78 is 43.8. The first-order valence-corrected chi connectivity index (χ1v) is 7.34. The molecule has 1 N–H and O–H groups in total. The maximum absolute atomic E-state index is 13.0. The monoisotopic (exact) mass is 367 g/mol. The minimum Gasteiger partial charge on any atom is -0.423 e. The van der Waals surface area contributed by atoms with Crippen molar-refractivity contribution in [1.29, 1.82) is 0 Å². The highest BCUT2D eigenvalue weighted by atomic mass is 35.5. The number of alkyl halides is 3. The zero-order valence-corrected chi connectivity index (χ0v) is 13.1. The predicted octanol–water partition coefficient (Wildman–Crippen LogP) is 4.72. The van der Waals surface area contributed by atoms with Gasteiger partial charge < -0.3 is 9.73 Å². The summed E-state index contributed by atoms with van der Waals surface area (Å²) in [5.74, 6) is -0.481. The maximum Gasteiger partial charge on any atom is 0.417 e. The number of halogens is 4. The van der Waals surface area contributed by atoms with E-state index in [1.54, 1.807) is 0 Å². The van der Waals surface area contributed by atoms with Crippen molar-refractivity contribution in [3.8, 4) is 0 Å². The Morgan fingerprint density at radius 2 is 1.72 bits per heavy atom. The molecule has 0 fully saturated rings. The van der Waals surface area contributed by atoms with Crippen molar-refractivity contribution >= 4 is 34.2 Å². The lowest BCUT2D eigenvalue weighted by Crippen LogP contribution is -2.13. The fourth-order valence-electron chi connectivity index (χ4n) is 2.28. The molecule has 2 aromatic carbocycles. The summed E-state index contributed by atoms with van der Waals surface area (Å²) >= 11 is 5.74. The summed E-state index contributed by atoms with van der Waals surface area (Å²) in [5.41, 5.74) is -1.98. The van der Waals surface area contributed by atoms with Crippen LogP contribution in [0.15, 0.2) is 57.7 Å². The lowest BCUT2D eigenvalue weighted by molar-refractivity contribution is -0.136. The summed E-state index contributed by atoms with van der Waals surface area (Å²) in [7, 11) is 0. The molecule has 0 aliphatic rings. The third-order valence-electron chi connectivity index (χ3n) is 3.41. The minimum absolute atomic E-state index is 0.190. The van der Waals surface area contributed by atoms with Gasteiger partial charge in [0.25, 0.3) is 5.91 Å². The standard InChI is InChI=1S/C17H9ClF3NO3/c18-10-3-1-9(2-4-10)16(24)22-11-5-6-12-13(17(19,20)21)8-15(23)25-14(12)7-11/h1-8H,(H,22,24). The Bertz CT molecular complexity index is 1010. The zero-order chi connectivity index (χ0) is 18.2. The van der Waals surface area contributed by atoms with E-state index in [0.29, 0.717) is 16.7 Å². The molecule has 0 saturated heterocycles. The Morgan fingerprint density at radius 1 is 1.04 bits per heavy atom. The van der Waals surface area contributed by atoms with Gasteiger partial charge in [0.2, 0.25) is 0 Å². The molecule has 0 aliphatic heterocycles. The quantitative estimate of drug-likeness (QED) is 0.667. The molecule has 3 rings (SSSR count). The second-order valence-corrected chi connectivity index (χ2v) is 5.59. The van der Waals surface area contributed by atoms with Gasteiger partial charge in [0.15, 0.2) is 0 Å². The molecule has 128 valence electrons. The molecule has 4 nitrogen and oxygen atoms in total. The van der Waals surface area contributed by atoms with Crippen molar-refractivity contribution in [2.24, 2.45) is 0 Å². The van der Waals surface area contributed by atoms with Crippen molar-refractivity contribution in [1.82, 2.24) is 0 Å². The highest BCUT2D eigenvalue weighted by Crippen LogP contribution is 2.34. The Hall–Kier alpha value is -2.80. The second-order valence-electron chi connectivity index (χ2n) is 5.15. The highest BCUT2D eigenvalue weighted by molar-refractivity contribution is 6.30. The van der Waals surface area contributed by atoms with E-state index in [1.807, 2.05) is 0 Å².